The number of para-hydroxylation sites is 1. The molecule has 0 radical (unpaired) electrons. The topological polar surface area (TPSA) is 91.1 Å². The quantitative estimate of drug-likeness (QED) is 0.342. The summed E-state index contributed by atoms with van der Waals surface area (Å²) in [5.74, 6) is -0.334. The van der Waals surface area contributed by atoms with Crippen molar-refractivity contribution in [2.24, 2.45) is 5.10 Å². The van der Waals surface area contributed by atoms with Gasteiger partial charge in [0.25, 0.3) is 11.6 Å². The predicted molar refractivity (Wildman–Crippen MR) is 129 cm³/mol. The second kappa shape index (κ2) is 10.5. The first-order valence-electron chi connectivity index (χ1n) is 10.8. The maximum Gasteiger partial charge on any atom is 0.271 e. The summed E-state index contributed by atoms with van der Waals surface area (Å²) in [6, 6.07) is 24.0. The van der Waals surface area contributed by atoms with E-state index in [0.717, 1.165) is 38.3 Å². The molecule has 0 aliphatic carbocycles. The van der Waals surface area contributed by atoms with Gasteiger partial charge in [0.05, 0.1) is 11.1 Å². The van der Waals surface area contributed by atoms with E-state index in [2.05, 4.69) is 44.6 Å². The molecule has 1 aliphatic rings. The summed E-state index contributed by atoms with van der Waals surface area (Å²) in [5, 5.41) is 14.7. The van der Waals surface area contributed by atoms with Gasteiger partial charge in [0.2, 0.25) is 0 Å². The monoisotopic (exact) mass is 443 g/mol. The van der Waals surface area contributed by atoms with E-state index >= 15 is 0 Å². The Hall–Kier alpha value is -4.04. The van der Waals surface area contributed by atoms with E-state index in [1.54, 1.807) is 24.3 Å². The van der Waals surface area contributed by atoms with Crippen LogP contribution in [-0.2, 0) is 6.54 Å². The molecule has 0 aromatic heterocycles. The van der Waals surface area contributed by atoms with Crippen LogP contribution in [0.25, 0.3) is 0 Å². The molecule has 8 heteroatoms. The van der Waals surface area contributed by atoms with E-state index in [1.807, 2.05) is 18.2 Å². The lowest BCUT2D eigenvalue weighted by Gasteiger charge is -2.36. The summed E-state index contributed by atoms with van der Waals surface area (Å²) in [7, 11) is 0. The molecule has 3 aromatic rings. The second-order valence-corrected chi connectivity index (χ2v) is 7.85. The van der Waals surface area contributed by atoms with Crippen molar-refractivity contribution >= 4 is 23.5 Å². The molecule has 4 rings (SSSR count). The third-order valence-electron chi connectivity index (χ3n) is 5.58. The number of benzene rings is 3. The van der Waals surface area contributed by atoms with Crippen LogP contribution in [0.4, 0.5) is 11.4 Å². The van der Waals surface area contributed by atoms with E-state index < -0.39 is 4.92 Å². The molecule has 33 heavy (non-hydrogen) atoms. The average Bonchev–Trinajstić information content (AvgIpc) is 2.85. The van der Waals surface area contributed by atoms with Crippen molar-refractivity contribution < 1.29 is 9.72 Å². The number of anilines is 1. The van der Waals surface area contributed by atoms with Crippen molar-refractivity contribution in [2.45, 2.75) is 6.54 Å². The third-order valence-corrected chi connectivity index (χ3v) is 5.58. The Kier molecular flexibility index (Phi) is 7.06. The fourth-order valence-corrected chi connectivity index (χ4v) is 3.77. The SMILES string of the molecule is O=C(N/N=C\c1cccc([N+](=O)[O-])c1)c1ccc(CN2CCN(c3ccccc3)CC2)cc1. The molecule has 3 aromatic carbocycles. The van der Waals surface area contributed by atoms with E-state index in [1.165, 1.54) is 24.0 Å². The van der Waals surface area contributed by atoms with E-state index in [4.69, 9.17) is 0 Å². The first-order chi connectivity index (χ1) is 16.1. The molecule has 0 saturated carbocycles. The van der Waals surface area contributed by atoms with Gasteiger partial charge >= 0.3 is 0 Å². The zero-order valence-corrected chi connectivity index (χ0v) is 18.1. The van der Waals surface area contributed by atoms with Crippen LogP contribution in [-0.4, -0.2) is 48.1 Å². The molecular weight excluding hydrogens is 418 g/mol. The second-order valence-electron chi connectivity index (χ2n) is 7.85. The lowest BCUT2D eigenvalue weighted by atomic mass is 10.1. The van der Waals surface area contributed by atoms with Crippen LogP contribution in [0.3, 0.4) is 0 Å². The lowest BCUT2D eigenvalue weighted by molar-refractivity contribution is -0.384. The summed E-state index contributed by atoms with van der Waals surface area (Å²) < 4.78 is 0. The van der Waals surface area contributed by atoms with Crippen LogP contribution in [0.1, 0.15) is 21.5 Å². The lowest BCUT2D eigenvalue weighted by Crippen LogP contribution is -2.45. The minimum Gasteiger partial charge on any atom is -0.369 e. The van der Waals surface area contributed by atoms with E-state index in [-0.39, 0.29) is 11.6 Å². The Balaban J connectivity index is 1.26. The summed E-state index contributed by atoms with van der Waals surface area (Å²) in [5.41, 5.74) is 5.89. The highest BCUT2D eigenvalue weighted by Gasteiger charge is 2.17. The van der Waals surface area contributed by atoms with Crippen molar-refractivity contribution in [2.75, 3.05) is 31.1 Å². The smallest absolute Gasteiger partial charge is 0.271 e. The first kappa shape index (κ1) is 22.2. The highest BCUT2D eigenvalue weighted by Crippen LogP contribution is 2.17. The van der Waals surface area contributed by atoms with Gasteiger partial charge in [0.15, 0.2) is 0 Å². The highest BCUT2D eigenvalue weighted by molar-refractivity contribution is 5.94. The van der Waals surface area contributed by atoms with Gasteiger partial charge in [-0.15, -0.1) is 0 Å². The number of nitro groups is 1. The van der Waals surface area contributed by atoms with Crippen LogP contribution in [0.5, 0.6) is 0 Å². The van der Waals surface area contributed by atoms with Gasteiger partial charge in [0.1, 0.15) is 0 Å². The molecule has 1 fully saturated rings. The van der Waals surface area contributed by atoms with Gasteiger partial charge in [-0.25, -0.2) is 5.43 Å². The summed E-state index contributed by atoms with van der Waals surface area (Å²) in [6.07, 6.45) is 1.38. The molecule has 1 heterocycles. The maximum atomic E-state index is 12.3. The van der Waals surface area contributed by atoms with Crippen LogP contribution < -0.4 is 10.3 Å². The van der Waals surface area contributed by atoms with Gasteiger partial charge in [0, 0.05) is 61.7 Å². The Morgan fingerprint density at radius 1 is 0.970 bits per heavy atom. The van der Waals surface area contributed by atoms with Crippen molar-refractivity contribution in [3.63, 3.8) is 0 Å². The van der Waals surface area contributed by atoms with Crippen LogP contribution in [0, 0.1) is 10.1 Å². The average molecular weight is 444 g/mol. The number of rotatable bonds is 7. The Bertz CT molecular complexity index is 1120. The highest BCUT2D eigenvalue weighted by atomic mass is 16.6. The van der Waals surface area contributed by atoms with Crippen LogP contribution in [0.2, 0.25) is 0 Å². The number of hydrogen-bond acceptors (Lipinski definition) is 6. The molecule has 1 saturated heterocycles. The van der Waals surface area contributed by atoms with Crippen molar-refractivity contribution in [1.29, 1.82) is 0 Å². The first-order valence-corrected chi connectivity index (χ1v) is 10.8. The fraction of sp³-hybridized carbons (Fsp3) is 0.200. The van der Waals surface area contributed by atoms with E-state index in [0.29, 0.717) is 11.1 Å². The van der Waals surface area contributed by atoms with Crippen molar-refractivity contribution in [3.8, 4) is 0 Å². The molecule has 8 nitrogen and oxygen atoms in total. The molecule has 1 N–H and O–H groups in total. The number of hydrazone groups is 1. The van der Waals surface area contributed by atoms with Gasteiger partial charge < -0.3 is 4.90 Å². The number of carbonyl (C=O) groups is 1. The zero-order valence-electron chi connectivity index (χ0n) is 18.1. The number of carbonyl (C=O) groups excluding carboxylic acids is 1. The Morgan fingerprint density at radius 3 is 2.39 bits per heavy atom. The van der Waals surface area contributed by atoms with Crippen molar-refractivity contribution in [1.82, 2.24) is 10.3 Å². The molecule has 0 spiro atoms. The molecular formula is C25H25N5O3. The van der Waals surface area contributed by atoms with Crippen molar-refractivity contribution in [3.05, 3.63) is 106 Å². The maximum absolute atomic E-state index is 12.3. The number of hydrogen-bond donors (Lipinski definition) is 1. The van der Waals surface area contributed by atoms with Gasteiger partial charge in [-0.3, -0.25) is 19.8 Å². The number of nitrogens with zero attached hydrogens (tertiary/aromatic N) is 4. The van der Waals surface area contributed by atoms with E-state index in [9.17, 15) is 14.9 Å². The molecule has 1 amide bonds. The normalized spacial score (nSPS) is 14.4. The number of amides is 1. The van der Waals surface area contributed by atoms with Crippen LogP contribution >= 0.6 is 0 Å². The Morgan fingerprint density at radius 2 is 1.70 bits per heavy atom. The number of non-ortho nitro benzene ring substituents is 1. The molecule has 0 atom stereocenters. The molecule has 0 unspecified atom stereocenters. The summed E-state index contributed by atoms with van der Waals surface area (Å²) in [6.45, 7) is 4.81. The standard InChI is InChI=1S/C25H25N5O3/c31-25(27-26-18-21-5-4-8-24(17-21)30(32)33)22-11-9-20(10-12-22)19-28-13-15-29(16-14-28)23-6-2-1-3-7-23/h1-12,17-18H,13-16,19H2,(H,27,31)/b26-18-. The minimum atomic E-state index is -0.472. The molecule has 168 valence electrons. The molecule has 1 aliphatic heterocycles. The van der Waals surface area contributed by atoms with Gasteiger partial charge in [-0.2, -0.15) is 5.10 Å². The largest absolute Gasteiger partial charge is 0.369 e. The summed E-state index contributed by atoms with van der Waals surface area (Å²) >= 11 is 0. The predicted octanol–water partition coefficient (Wildman–Crippen LogP) is 3.68. The van der Waals surface area contributed by atoms with Gasteiger partial charge in [-0.05, 0) is 29.8 Å². The number of nitro benzene ring substituents is 1. The summed E-state index contributed by atoms with van der Waals surface area (Å²) in [4.78, 5) is 27.5. The molecule has 0 bridgehead atoms. The third kappa shape index (κ3) is 6.02. The number of nitrogens with one attached hydrogen (secondary N) is 1. The van der Waals surface area contributed by atoms with Gasteiger partial charge in [-0.1, -0.05) is 42.5 Å². The fourth-order valence-electron chi connectivity index (χ4n) is 3.77. The minimum absolute atomic E-state index is 0.0256. The van der Waals surface area contributed by atoms with Crippen LogP contribution in [0.15, 0.2) is 84.0 Å². The number of piperazine rings is 1. The zero-order chi connectivity index (χ0) is 23.0. The Labute approximate surface area is 192 Å².